The first-order chi connectivity index (χ1) is 19.0. The van der Waals surface area contributed by atoms with Gasteiger partial charge in [-0.1, -0.05) is 104 Å². The summed E-state index contributed by atoms with van der Waals surface area (Å²) in [5.41, 5.74) is 7.89. The minimum atomic E-state index is -1.01. The number of carboxylic acids is 1. The van der Waals surface area contributed by atoms with Crippen molar-refractivity contribution in [2.45, 2.75) is 13.8 Å². The SMILES string of the molecule is COCC(C)/C(=C(\N=C(C)c1ccccc1-c1cccc(OCC(=O)O)c1)c1ccccc1)c1ccccc1. The molecule has 198 valence electrons. The molecule has 4 aromatic carbocycles. The molecule has 4 rings (SSSR count). The minimum Gasteiger partial charge on any atom is -0.482 e. The van der Waals surface area contributed by atoms with Crippen molar-refractivity contribution < 1.29 is 19.4 Å². The number of aliphatic carboxylic acids is 1. The summed E-state index contributed by atoms with van der Waals surface area (Å²) >= 11 is 0. The summed E-state index contributed by atoms with van der Waals surface area (Å²) in [6, 6.07) is 36.1. The van der Waals surface area contributed by atoms with Crippen LogP contribution >= 0.6 is 0 Å². The summed E-state index contributed by atoms with van der Waals surface area (Å²) in [4.78, 5) is 16.3. The largest absolute Gasteiger partial charge is 0.482 e. The van der Waals surface area contributed by atoms with Crippen LogP contribution in [0.2, 0.25) is 0 Å². The molecule has 0 bridgehead atoms. The van der Waals surface area contributed by atoms with E-state index in [0.29, 0.717) is 12.4 Å². The molecule has 0 heterocycles. The molecule has 0 aromatic heterocycles. The summed E-state index contributed by atoms with van der Waals surface area (Å²) in [7, 11) is 1.72. The Hall–Kier alpha value is -4.48. The summed E-state index contributed by atoms with van der Waals surface area (Å²) in [6.45, 7) is 4.36. The van der Waals surface area contributed by atoms with E-state index in [1.54, 1.807) is 13.2 Å². The van der Waals surface area contributed by atoms with Crippen molar-refractivity contribution in [2.24, 2.45) is 10.9 Å². The predicted molar refractivity (Wildman–Crippen MR) is 158 cm³/mol. The van der Waals surface area contributed by atoms with E-state index in [0.717, 1.165) is 44.8 Å². The van der Waals surface area contributed by atoms with Crippen LogP contribution in [0.4, 0.5) is 0 Å². The van der Waals surface area contributed by atoms with Crippen molar-refractivity contribution in [2.75, 3.05) is 20.3 Å². The Morgan fingerprint density at radius 2 is 1.49 bits per heavy atom. The Morgan fingerprint density at radius 3 is 2.15 bits per heavy atom. The molecule has 4 aromatic rings. The third-order valence-corrected chi connectivity index (χ3v) is 6.40. The number of aliphatic imine (C=N–C) groups is 1. The second kappa shape index (κ2) is 13.4. The Morgan fingerprint density at radius 1 is 0.846 bits per heavy atom. The number of rotatable bonds is 11. The van der Waals surface area contributed by atoms with E-state index < -0.39 is 12.6 Å². The first-order valence-electron chi connectivity index (χ1n) is 12.9. The van der Waals surface area contributed by atoms with Crippen LogP contribution in [0.15, 0.2) is 114 Å². The van der Waals surface area contributed by atoms with Crippen LogP contribution in [0.3, 0.4) is 0 Å². The first-order valence-corrected chi connectivity index (χ1v) is 12.9. The molecule has 0 aliphatic heterocycles. The molecular weight excluding hydrogens is 486 g/mol. The minimum absolute atomic E-state index is 0.0995. The highest BCUT2D eigenvalue weighted by atomic mass is 16.5. The molecule has 0 radical (unpaired) electrons. The summed E-state index contributed by atoms with van der Waals surface area (Å²) < 4.78 is 11.0. The average molecular weight is 520 g/mol. The van der Waals surface area contributed by atoms with Crippen molar-refractivity contribution in [1.29, 1.82) is 0 Å². The van der Waals surface area contributed by atoms with E-state index in [9.17, 15) is 4.79 Å². The van der Waals surface area contributed by atoms with Gasteiger partial charge in [-0.2, -0.15) is 0 Å². The highest BCUT2D eigenvalue weighted by Crippen LogP contribution is 2.35. The number of ether oxygens (including phenoxy) is 2. The Bertz CT molecular complexity index is 1460. The van der Waals surface area contributed by atoms with E-state index in [1.165, 1.54) is 0 Å². The topological polar surface area (TPSA) is 68.1 Å². The molecule has 1 atom stereocenters. The molecule has 0 amide bonds. The number of carbonyl (C=O) groups is 1. The van der Waals surface area contributed by atoms with E-state index in [1.807, 2.05) is 79.7 Å². The lowest BCUT2D eigenvalue weighted by molar-refractivity contribution is -0.139. The Balaban J connectivity index is 1.88. The van der Waals surface area contributed by atoms with Gasteiger partial charge in [0.1, 0.15) is 5.75 Å². The van der Waals surface area contributed by atoms with Crippen molar-refractivity contribution in [3.8, 4) is 16.9 Å². The quantitative estimate of drug-likeness (QED) is 0.165. The number of hydrogen-bond acceptors (Lipinski definition) is 4. The van der Waals surface area contributed by atoms with Crippen LogP contribution in [-0.4, -0.2) is 37.1 Å². The maximum Gasteiger partial charge on any atom is 0.341 e. The molecule has 0 fully saturated rings. The van der Waals surface area contributed by atoms with Crippen molar-refractivity contribution >= 4 is 23.0 Å². The lowest BCUT2D eigenvalue weighted by Gasteiger charge is -2.20. The maximum atomic E-state index is 11.0. The van der Waals surface area contributed by atoms with Gasteiger partial charge in [-0.15, -0.1) is 0 Å². The molecule has 0 spiro atoms. The summed E-state index contributed by atoms with van der Waals surface area (Å²) in [5, 5.41) is 9.00. The Labute approximate surface area is 230 Å². The Kier molecular flexibility index (Phi) is 9.44. The number of nitrogens with zero attached hydrogens (tertiary/aromatic N) is 1. The fourth-order valence-corrected chi connectivity index (χ4v) is 4.66. The number of hydrogen-bond donors (Lipinski definition) is 1. The van der Waals surface area contributed by atoms with Crippen molar-refractivity contribution in [3.05, 3.63) is 126 Å². The van der Waals surface area contributed by atoms with Gasteiger partial charge in [0.05, 0.1) is 12.3 Å². The van der Waals surface area contributed by atoms with Gasteiger partial charge >= 0.3 is 5.97 Å². The van der Waals surface area contributed by atoms with Gasteiger partial charge in [0.25, 0.3) is 0 Å². The fraction of sp³-hybridized carbons (Fsp3) is 0.176. The van der Waals surface area contributed by atoms with Gasteiger partial charge in [0.2, 0.25) is 0 Å². The standard InChI is InChI=1S/C34H33NO4/c1-24(22-38-3)33(26-13-6-4-7-14-26)34(27-15-8-5-9-16-27)35-25(2)30-19-10-11-20-31(30)28-17-12-18-29(21-28)39-23-32(36)37/h4-21,24H,22-23H2,1-3H3,(H,36,37)/b34-33+,35-25?. The molecule has 39 heavy (non-hydrogen) atoms. The van der Waals surface area contributed by atoms with Gasteiger partial charge in [0.15, 0.2) is 6.61 Å². The van der Waals surface area contributed by atoms with Crippen LogP contribution in [0.1, 0.15) is 30.5 Å². The van der Waals surface area contributed by atoms with Crippen LogP contribution in [0.25, 0.3) is 22.4 Å². The van der Waals surface area contributed by atoms with E-state index in [-0.39, 0.29) is 5.92 Å². The van der Waals surface area contributed by atoms with Crippen molar-refractivity contribution in [3.63, 3.8) is 0 Å². The zero-order valence-corrected chi connectivity index (χ0v) is 22.5. The molecule has 1 N–H and O–H groups in total. The molecule has 0 aliphatic rings. The van der Waals surface area contributed by atoms with Gasteiger partial charge in [-0.3, -0.25) is 4.99 Å². The highest BCUT2D eigenvalue weighted by molar-refractivity contribution is 6.08. The monoisotopic (exact) mass is 519 g/mol. The molecule has 1 unspecified atom stereocenters. The average Bonchev–Trinajstić information content (AvgIpc) is 2.97. The molecule has 0 saturated heterocycles. The van der Waals surface area contributed by atoms with Gasteiger partial charge < -0.3 is 14.6 Å². The number of carboxylic acid groups (broad SMARTS) is 1. The van der Waals surface area contributed by atoms with Crippen LogP contribution < -0.4 is 4.74 Å². The van der Waals surface area contributed by atoms with Crippen LogP contribution in [0, 0.1) is 5.92 Å². The number of methoxy groups -OCH3 is 1. The third-order valence-electron chi connectivity index (χ3n) is 6.40. The maximum absolute atomic E-state index is 11.0. The van der Waals surface area contributed by atoms with Gasteiger partial charge in [-0.05, 0) is 41.3 Å². The number of benzene rings is 4. The smallest absolute Gasteiger partial charge is 0.341 e. The normalized spacial score (nSPS) is 12.9. The van der Waals surface area contributed by atoms with Gasteiger partial charge in [-0.25, -0.2) is 4.79 Å². The summed E-state index contributed by atoms with van der Waals surface area (Å²) in [5.74, 6) is -0.410. The zero-order chi connectivity index (χ0) is 27.6. The molecule has 0 saturated carbocycles. The molecular formula is C34H33NO4. The second-order valence-electron chi connectivity index (χ2n) is 9.30. The lowest BCUT2D eigenvalue weighted by atomic mass is 9.90. The van der Waals surface area contributed by atoms with E-state index in [2.05, 4.69) is 37.3 Å². The first kappa shape index (κ1) is 27.6. The van der Waals surface area contributed by atoms with Crippen LogP contribution in [-0.2, 0) is 9.53 Å². The molecule has 5 nitrogen and oxygen atoms in total. The highest BCUT2D eigenvalue weighted by Gasteiger charge is 2.19. The van der Waals surface area contributed by atoms with Crippen molar-refractivity contribution in [1.82, 2.24) is 0 Å². The van der Waals surface area contributed by atoms with Crippen LogP contribution in [0.5, 0.6) is 5.75 Å². The van der Waals surface area contributed by atoms with E-state index in [4.69, 9.17) is 19.6 Å². The lowest BCUT2D eigenvalue weighted by Crippen LogP contribution is -2.09. The molecule has 5 heteroatoms. The third kappa shape index (κ3) is 7.09. The summed E-state index contributed by atoms with van der Waals surface area (Å²) in [6.07, 6.45) is 0. The van der Waals surface area contributed by atoms with Gasteiger partial charge in [0, 0.05) is 29.9 Å². The fourth-order valence-electron chi connectivity index (χ4n) is 4.66. The molecule has 0 aliphatic carbocycles. The second-order valence-corrected chi connectivity index (χ2v) is 9.30. The zero-order valence-electron chi connectivity index (χ0n) is 22.5. The predicted octanol–water partition coefficient (Wildman–Crippen LogP) is 7.48. The van der Waals surface area contributed by atoms with E-state index >= 15 is 0 Å².